The summed E-state index contributed by atoms with van der Waals surface area (Å²) in [5, 5.41) is 15.8. The van der Waals surface area contributed by atoms with Crippen molar-refractivity contribution in [2.24, 2.45) is 5.92 Å². The summed E-state index contributed by atoms with van der Waals surface area (Å²) < 4.78 is 21.6. The van der Waals surface area contributed by atoms with Gasteiger partial charge in [-0.25, -0.2) is 9.18 Å². The number of hydrogen-bond donors (Lipinski definition) is 1. The molecule has 0 aliphatic rings. The number of fused-ring (bicyclic) bond motifs is 1. The average molecular weight is 438 g/mol. The van der Waals surface area contributed by atoms with Crippen LogP contribution in [0.1, 0.15) is 52.0 Å². The first kappa shape index (κ1) is 21.5. The van der Waals surface area contributed by atoms with E-state index in [2.05, 4.69) is 20.6 Å². The maximum Gasteiger partial charge on any atom is 0.408 e. The number of halogens is 1. The fourth-order valence-electron chi connectivity index (χ4n) is 2.59. The van der Waals surface area contributed by atoms with Crippen molar-refractivity contribution < 1.29 is 13.9 Å². The van der Waals surface area contributed by atoms with Crippen molar-refractivity contribution in [3.05, 3.63) is 41.5 Å². The minimum absolute atomic E-state index is 0.0473. The third-order valence-corrected chi connectivity index (χ3v) is 6.00. The number of nitrogens with one attached hydrogen (secondary N) is 1. The fourth-order valence-corrected chi connectivity index (χ4v) is 4.46. The predicted octanol–water partition coefficient (Wildman–Crippen LogP) is 4.84. The molecule has 0 spiro atoms. The normalized spacial score (nSPS) is 13.1. The highest BCUT2D eigenvalue weighted by atomic mass is 32.2. The Morgan fingerprint density at radius 3 is 2.69 bits per heavy atom. The molecule has 0 fully saturated rings. The zero-order valence-corrected chi connectivity index (χ0v) is 18.6. The van der Waals surface area contributed by atoms with E-state index in [9.17, 15) is 9.18 Å². The van der Waals surface area contributed by atoms with Crippen LogP contribution in [0.15, 0.2) is 28.6 Å². The molecule has 0 bridgehead atoms. The van der Waals surface area contributed by atoms with E-state index in [1.54, 1.807) is 16.6 Å². The zero-order valence-electron chi connectivity index (χ0n) is 17.0. The summed E-state index contributed by atoms with van der Waals surface area (Å²) in [5.41, 5.74) is 0.0264. The number of ether oxygens (including phenoxy) is 1. The van der Waals surface area contributed by atoms with Gasteiger partial charge in [0.15, 0.2) is 10.2 Å². The number of hydrogen-bond acceptors (Lipinski definition) is 7. The standard InChI is InChI=1S/C19H24FN5O2S2/c1-11(2)14(21-17(26)27-19(3,4)5)15-22-23-16-25(15)24-18(29-16)28-10-12-8-6-7-9-13(12)20/h6-9,11,14H,10H2,1-5H3,(H,21,26). The van der Waals surface area contributed by atoms with E-state index in [0.717, 1.165) is 4.34 Å². The van der Waals surface area contributed by atoms with E-state index in [1.165, 1.54) is 29.2 Å². The molecule has 7 nitrogen and oxygen atoms in total. The summed E-state index contributed by atoms with van der Waals surface area (Å²) in [6.45, 7) is 9.38. The van der Waals surface area contributed by atoms with Gasteiger partial charge in [0, 0.05) is 5.75 Å². The van der Waals surface area contributed by atoms with Crippen molar-refractivity contribution in [1.29, 1.82) is 0 Å². The largest absolute Gasteiger partial charge is 0.444 e. The van der Waals surface area contributed by atoms with E-state index < -0.39 is 17.7 Å². The monoisotopic (exact) mass is 437 g/mol. The molecule has 0 saturated carbocycles. The fraction of sp³-hybridized carbons (Fsp3) is 0.474. The molecule has 1 atom stereocenters. The van der Waals surface area contributed by atoms with Crippen LogP contribution in [0, 0.1) is 11.7 Å². The van der Waals surface area contributed by atoms with Crippen LogP contribution in [-0.2, 0) is 10.5 Å². The van der Waals surface area contributed by atoms with Crippen LogP contribution in [-0.4, -0.2) is 31.5 Å². The molecule has 1 N–H and O–H groups in total. The van der Waals surface area contributed by atoms with Crippen molar-refractivity contribution in [2.45, 2.75) is 56.4 Å². The van der Waals surface area contributed by atoms with E-state index in [0.29, 0.717) is 22.1 Å². The molecule has 0 aliphatic carbocycles. The second kappa shape index (κ2) is 8.66. The third kappa shape index (κ3) is 5.45. The molecule has 0 aliphatic heterocycles. The van der Waals surface area contributed by atoms with Gasteiger partial charge >= 0.3 is 6.09 Å². The van der Waals surface area contributed by atoms with Gasteiger partial charge in [-0.05, 0) is 38.3 Å². The Morgan fingerprint density at radius 2 is 2.03 bits per heavy atom. The number of nitrogens with zero attached hydrogens (tertiary/aromatic N) is 4. The Hall–Kier alpha value is -2.20. The first-order valence-corrected chi connectivity index (χ1v) is 11.0. The predicted molar refractivity (Wildman–Crippen MR) is 112 cm³/mol. The maximum absolute atomic E-state index is 13.8. The molecule has 3 aromatic rings. The van der Waals surface area contributed by atoms with Crippen LogP contribution in [0.4, 0.5) is 9.18 Å². The number of benzene rings is 1. The van der Waals surface area contributed by atoms with Crippen molar-refractivity contribution in [1.82, 2.24) is 25.1 Å². The molecule has 1 aromatic carbocycles. The molecule has 1 amide bonds. The van der Waals surface area contributed by atoms with Crippen LogP contribution in [0.3, 0.4) is 0 Å². The summed E-state index contributed by atoms with van der Waals surface area (Å²) in [6.07, 6.45) is -0.516. The molecule has 2 heterocycles. The maximum atomic E-state index is 13.8. The summed E-state index contributed by atoms with van der Waals surface area (Å²) in [7, 11) is 0. The highest BCUT2D eigenvalue weighted by molar-refractivity contribution is 8.00. The van der Waals surface area contributed by atoms with Crippen LogP contribution >= 0.6 is 23.1 Å². The van der Waals surface area contributed by atoms with Crippen LogP contribution in [0.2, 0.25) is 0 Å². The van der Waals surface area contributed by atoms with Gasteiger partial charge in [0.1, 0.15) is 11.4 Å². The molecule has 29 heavy (non-hydrogen) atoms. The molecule has 2 aromatic heterocycles. The molecular formula is C19H24FN5O2S2. The lowest BCUT2D eigenvalue weighted by Crippen LogP contribution is -2.37. The van der Waals surface area contributed by atoms with E-state index >= 15 is 0 Å². The minimum atomic E-state index is -0.594. The summed E-state index contributed by atoms with van der Waals surface area (Å²) in [6, 6.07) is 6.27. The molecule has 10 heteroatoms. The number of alkyl carbamates (subject to hydrolysis) is 1. The number of aromatic nitrogens is 4. The second-order valence-electron chi connectivity index (χ2n) is 7.87. The summed E-state index contributed by atoms with van der Waals surface area (Å²) in [4.78, 5) is 12.9. The Kier molecular flexibility index (Phi) is 6.42. The van der Waals surface area contributed by atoms with Gasteiger partial charge in [0.25, 0.3) is 0 Å². The van der Waals surface area contributed by atoms with Gasteiger partial charge in [-0.3, -0.25) is 0 Å². The number of thioether (sulfide) groups is 1. The summed E-state index contributed by atoms with van der Waals surface area (Å²) in [5.74, 6) is 0.821. The Balaban J connectivity index is 1.78. The SMILES string of the molecule is CC(C)C(NC(=O)OC(C)(C)C)c1nnc2sc(SCc3ccccc3F)nn12. The lowest BCUT2D eigenvalue weighted by atomic mass is 10.0. The molecule has 3 rings (SSSR count). The molecule has 0 radical (unpaired) electrons. The Morgan fingerprint density at radius 1 is 1.31 bits per heavy atom. The topological polar surface area (TPSA) is 81.4 Å². The van der Waals surface area contributed by atoms with E-state index in [-0.39, 0.29) is 11.7 Å². The van der Waals surface area contributed by atoms with Gasteiger partial charge in [-0.1, -0.05) is 55.1 Å². The summed E-state index contributed by atoms with van der Waals surface area (Å²) >= 11 is 2.81. The van der Waals surface area contributed by atoms with Crippen molar-refractivity contribution in [3.63, 3.8) is 0 Å². The van der Waals surface area contributed by atoms with E-state index in [1.807, 2.05) is 40.7 Å². The number of carbonyl (C=O) groups excluding carboxylic acids is 1. The minimum Gasteiger partial charge on any atom is -0.444 e. The van der Waals surface area contributed by atoms with Gasteiger partial charge in [-0.15, -0.1) is 15.3 Å². The number of amides is 1. The average Bonchev–Trinajstić information content (AvgIpc) is 3.17. The Bertz CT molecular complexity index is 996. The molecule has 1 unspecified atom stereocenters. The third-order valence-electron chi connectivity index (χ3n) is 3.92. The molecule has 156 valence electrons. The van der Waals surface area contributed by atoms with Crippen LogP contribution < -0.4 is 5.32 Å². The van der Waals surface area contributed by atoms with Gasteiger partial charge in [0.05, 0.1) is 6.04 Å². The number of rotatable bonds is 6. The Labute approximate surface area is 177 Å². The smallest absolute Gasteiger partial charge is 0.408 e. The van der Waals surface area contributed by atoms with Crippen molar-refractivity contribution in [2.75, 3.05) is 0 Å². The van der Waals surface area contributed by atoms with Gasteiger partial charge < -0.3 is 10.1 Å². The van der Waals surface area contributed by atoms with Crippen molar-refractivity contribution in [3.8, 4) is 0 Å². The quantitative estimate of drug-likeness (QED) is 0.556. The first-order chi connectivity index (χ1) is 13.6. The lowest BCUT2D eigenvalue weighted by molar-refractivity contribution is 0.0486. The van der Waals surface area contributed by atoms with Crippen molar-refractivity contribution >= 4 is 34.2 Å². The zero-order chi connectivity index (χ0) is 21.2. The number of carbonyl (C=O) groups is 1. The lowest BCUT2D eigenvalue weighted by Gasteiger charge is -2.24. The molecular weight excluding hydrogens is 413 g/mol. The highest BCUT2D eigenvalue weighted by Crippen LogP contribution is 2.30. The van der Waals surface area contributed by atoms with Crippen LogP contribution in [0.25, 0.3) is 4.96 Å². The first-order valence-electron chi connectivity index (χ1n) is 9.22. The van der Waals surface area contributed by atoms with E-state index in [4.69, 9.17) is 4.74 Å². The van der Waals surface area contributed by atoms with Gasteiger partial charge in [-0.2, -0.15) is 4.52 Å². The van der Waals surface area contributed by atoms with Gasteiger partial charge in [0.2, 0.25) is 4.96 Å². The van der Waals surface area contributed by atoms with Crippen LogP contribution in [0.5, 0.6) is 0 Å². The highest BCUT2D eigenvalue weighted by Gasteiger charge is 2.27. The second-order valence-corrected chi connectivity index (χ2v) is 10.0. The molecule has 0 saturated heterocycles.